The number of carbonyl (C=O) groups excluding carboxylic acids is 1. The van der Waals surface area contributed by atoms with Crippen LogP contribution in [0.2, 0.25) is 5.02 Å². The smallest absolute Gasteiger partial charge is 0.257 e. The quantitative estimate of drug-likeness (QED) is 0.682. The van der Waals surface area contributed by atoms with E-state index in [1.54, 1.807) is 30.6 Å². The monoisotopic (exact) mass is 321 g/mol. The van der Waals surface area contributed by atoms with E-state index < -0.39 is 0 Å². The highest BCUT2D eigenvalue weighted by molar-refractivity contribution is 6.31. The minimum absolute atomic E-state index is 0.161. The molecule has 3 aromatic rings. The fourth-order valence-electron chi connectivity index (χ4n) is 2.62. The molecule has 2 aromatic carbocycles. The van der Waals surface area contributed by atoms with Crippen LogP contribution in [0.5, 0.6) is 0 Å². The van der Waals surface area contributed by atoms with Gasteiger partial charge in [0.1, 0.15) is 0 Å². The van der Waals surface area contributed by atoms with Crippen LogP contribution in [0.25, 0.3) is 11.1 Å². The number of hydrogen-bond acceptors (Lipinski definition) is 3. The van der Waals surface area contributed by atoms with Crippen LogP contribution in [0.15, 0.2) is 60.9 Å². The van der Waals surface area contributed by atoms with E-state index in [9.17, 15) is 4.79 Å². The largest absolute Gasteiger partial charge is 0.353 e. The number of fused-ring (bicyclic) bond motifs is 2. The van der Waals surface area contributed by atoms with Crippen LogP contribution in [0.4, 0.5) is 17.1 Å². The molecule has 0 radical (unpaired) electrons. The van der Waals surface area contributed by atoms with Gasteiger partial charge in [-0.1, -0.05) is 23.7 Å². The summed E-state index contributed by atoms with van der Waals surface area (Å²) in [5.74, 6) is -0.161. The van der Waals surface area contributed by atoms with Crippen LogP contribution in [0, 0.1) is 0 Å². The second-order valence-corrected chi connectivity index (χ2v) is 5.71. The Morgan fingerprint density at radius 3 is 2.61 bits per heavy atom. The first-order valence-electron chi connectivity index (χ1n) is 7.13. The Morgan fingerprint density at radius 1 is 0.870 bits per heavy atom. The van der Waals surface area contributed by atoms with Gasteiger partial charge < -0.3 is 10.6 Å². The number of carbonyl (C=O) groups is 1. The molecule has 4 rings (SSSR count). The maximum Gasteiger partial charge on any atom is 0.257 e. The highest BCUT2D eigenvalue weighted by atomic mass is 35.5. The normalized spacial score (nSPS) is 12.5. The second kappa shape index (κ2) is 5.41. The number of aromatic nitrogens is 1. The van der Waals surface area contributed by atoms with Crippen molar-refractivity contribution in [2.45, 2.75) is 0 Å². The minimum Gasteiger partial charge on any atom is -0.353 e. The zero-order valence-corrected chi connectivity index (χ0v) is 12.8. The first-order chi connectivity index (χ1) is 11.2. The Labute approximate surface area is 138 Å². The number of nitrogens with one attached hydrogen (secondary N) is 2. The van der Waals surface area contributed by atoms with Gasteiger partial charge in [0.2, 0.25) is 0 Å². The fourth-order valence-corrected chi connectivity index (χ4v) is 2.79. The molecular weight excluding hydrogens is 310 g/mol. The van der Waals surface area contributed by atoms with Gasteiger partial charge in [-0.25, -0.2) is 0 Å². The number of benzene rings is 2. The summed E-state index contributed by atoms with van der Waals surface area (Å²) in [4.78, 5) is 16.6. The van der Waals surface area contributed by atoms with E-state index in [4.69, 9.17) is 11.6 Å². The lowest BCUT2D eigenvalue weighted by Gasteiger charge is -2.10. The van der Waals surface area contributed by atoms with Gasteiger partial charge in [0.05, 0.1) is 22.6 Å². The van der Waals surface area contributed by atoms with Crippen molar-refractivity contribution < 1.29 is 4.79 Å². The van der Waals surface area contributed by atoms with Crippen LogP contribution < -0.4 is 10.6 Å². The molecule has 1 amide bonds. The average Bonchev–Trinajstić information content (AvgIpc) is 2.70. The van der Waals surface area contributed by atoms with Crippen molar-refractivity contribution in [2.75, 3.05) is 10.6 Å². The third-order valence-electron chi connectivity index (χ3n) is 3.76. The molecule has 1 aromatic heterocycles. The van der Waals surface area contributed by atoms with Crippen LogP contribution in [0.3, 0.4) is 0 Å². The number of rotatable bonds is 1. The third kappa shape index (κ3) is 2.53. The molecule has 0 spiro atoms. The molecule has 5 heteroatoms. The molecule has 0 saturated heterocycles. The van der Waals surface area contributed by atoms with Crippen LogP contribution in [-0.2, 0) is 0 Å². The van der Waals surface area contributed by atoms with Gasteiger partial charge in [0, 0.05) is 23.0 Å². The number of nitrogens with zero attached hydrogens (tertiary/aromatic N) is 1. The van der Waals surface area contributed by atoms with E-state index in [1.807, 2.05) is 30.3 Å². The first kappa shape index (κ1) is 13.8. The molecule has 2 heterocycles. The fraction of sp³-hybridized carbons (Fsp3) is 0. The SMILES string of the molecule is O=C1Nc2cc(-c3cccnc3)ccc2Nc2cc(Cl)ccc21. The Balaban J connectivity index is 1.80. The van der Waals surface area contributed by atoms with Crippen LogP contribution in [-0.4, -0.2) is 10.9 Å². The summed E-state index contributed by atoms with van der Waals surface area (Å²) in [5, 5.41) is 6.80. The third-order valence-corrected chi connectivity index (χ3v) is 3.99. The first-order valence-corrected chi connectivity index (χ1v) is 7.51. The molecule has 2 N–H and O–H groups in total. The molecule has 1 aliphatic heterocycles. The summed E-state index contributed by atoms with van der Waals surface area (Å²) in [6, 6.07) is 14.9. The van der Waals surface area contributed by atoms with E-state index in [1.165, 1.54) is 0 Å². The number of anilines is 3. The van der Waals surface area contributed by atoms with Gasteiger partial charge in [-0.05, 0) is 42.0 Å². The van der Waals surface area contributed by atoms with Gasteiger partial charge >= 0.3 is 0 Å². The maximum atomic E-state index is 12.4. The number of hydrogen-bond donors (Lipinski definition) is 2. The molecule has 112 valence electrons. The van der Waals surface area contributed by atoms with Crippen LogP contribution >= 0.6 is 11.6 Å². The Morgan fingerprint density at radius 2 is 1.78 bits per heavy atom. The molecule has 0 aliphatic carbocycles. The standard InChI is InChI=1S/C18H12ClN3O/c19-13-4-5-14-16(9-13)21-15-6-3-11(8-17(15)22-18(14)23)12-2-1-7-20-10-12/h1-10,21H,(H,22,23). The molecule has 4 nitrogen and oxygen atoms in total. The zero-order valence-electron chi connectivity index (χ0n) is 12.0. The van der Waals surface area contributed by atoms with E-state index in [-0.39, 0.29) is 5.91 Å². The lowest BCUT2D eigenvalue weighted by molar-refractivity contribution is 0.102. The summed E-state index contributed by atoms with van der Waals surface area (Å²) in [5.41, 5.74) is 4.80. The highest BCUT2D eigenvalue weighted by Gasteiger charge is 2.19. The molecule has 0 unspecified atom stereocenters. The van der Waals surface area contributed by atoms with E-state index in [0.717, 1.165) is 22.5 Å². The van der Waals surface area contributed by atoms with Crippen molar-refractivity contribution in [2.24, 2.45) is 0 Å². The van der Waals surface area contributed by atoms with E-state index >= 15 is 0 Å². The lowest BCUT2D eigenvalue weighted by Crippen LogP contribution is -2.10. The van der Waals surface area contributed by atoms with Crippen molar-refractivity contribution in [3.8, 4) is 11.1 Å². The van der Waals surface area contributed by atoms with E-state index in [0.29, 0.717) is 16.3 Å². The molecule has 0 fully saturated rings. The van der Waals surface area contributed by atoms with Crippen molar-refractivity contribution in [3.63, 3.8) is 0 Å². The van der Waals surface area contributed by atoms with Gasteiger partial charge in [-0.15, -0.1) is 0 Å². The summed E-state index contributed by atoms with van der Waals surface area (Å²) in [7, 11) is 0. The number of amides is 1. The average molecular weight is 322 g/mol. The van der Waals surface area contributed by atoms with Crippen molar-refractivity contribution in [1.29, 1.82) is 0 Å². The Hall–Kier alpha value is -2.85. The molecule has 0 bridgehead atoms. The predicted molar refractivity (Wildman–Crippen MR) is 92.4 cm³/mol. The molecule has 23 heavy (non-hydrogen) atoms. The summed E-state index contributed by atoms with van der Waals surface area (Å²) in [6.07, 6.45) is 3.53. The van der Waals surface area contributed by atoms with Crippen molar-refractivity contribution in [3.05, 3.63) is 71.5 Å². The molecule has 1 aliphatic rings. The molecule has 0 atom stereocenters. The topological polar surface area (TPSA) is 54.0 Å². The van der Waals surface area contributed by atoms with Crippen molar-refractivity contribution >= 4 is 34.6 Å². The number of halogens is 1. The number of pyridine rings is 1. The van der Waals surface area contributed by atoms with Crippen molar-refractivity contribution in [1.82, 2.24) is 4.98 Å². The highest BCUT2D eigenvalue weighted by Crippen LogP contribution is 2.35. The minimum atomic E-state index is -0.161. The van der Waals surface area contributed by atoms with Gasteiger partial charge in [0.25, 0.3) is 5.91 Å². The van der Waals surface area contributed by atoms with Gasteiger partial charge in [-0.3, -0.25) is 9.78 Å². The Kier molecular flexibility index (Phi) is 3.24. The summed E-state index contributed by atoms with van der Waals surface area (Å²) >= 11 is 6.03. The summed E-state index contributed by atoms with van der Waals surface area (Å²) in [6.45, 7) is 0. The van der Waals surface area contributed by atoms with Gasteiger partial charge in [-0.2, -0.15) is 0 Å². The van der Waals surface area contributed by atoms with Gasteiger partial charge in [0.15, 0.2) is 0 Å². The van der Waals surface area contributed by atoms with E-state index in [2.05, 4.69) is 15.6 Å². The summed E-state index contributed by atoms with van der Waals surface area (Å²) < 4.78 is 0. The second-order valence-electron chi connectivity index (χ2n) is 5.27. The lowest BCUT2D eigenvalue weighted by atomic mass is 10.1. The molecular formula is C18H12ClN3O. The van der Waals surface area contributed by atoms with Crippen LogP contribution in [0.1, 0.15) is 10.4 Å². The maximum absolute atomic E-state index is 12.4. The molecule has 0 saturated carbocycles. The zero-order chi connectivity index (χ0) is 15.8. The predicted octanol–water partition coefficient (Wildman–Crippen LogP) is 4.71. The Bertz CT molecular complexity index is 909.